The van der Waals surface area contributed by atoms with Crippen molar-refractivity contribution in [3.8, 4) is 0 Å². The van der Waals surface area contributed by atoms with Crippen molar-refractivity contribution >= 4 is 23.7 Å². The highest BCUT2D eigenvalue weighted by Crippen LogP contribution is 2.17. The Morgan fingerprint density at radius 1 is 0.789 bits per heavy atom. The van der Waals surface area contributed by atoms with Gasteiger partial charge in [0.2, 0.25) is 0 Å². The van der Waals surface area contributed by atoms with E-state index in [1.807, 2.05) is 66.8 Å². The number of rotatable bonds is 5. The zero-order valence-electron chi connectivity index (χ0n) is 10.6. The first kappa shape index (κ1) is 12.8. The molecule has 2 nitrogen and oxygen atoms in total. The molecule has 0 spiro atoms. The lowest BCUT2D eigenvalue weighted by Crippen LogP contribution is -1.89. The molecule has 0 saturated heterocycles. The van der Waals surface area contributed by atoms with Gasteiger partial charge in [-0.05, 0) is 35.9 Å². The summed E-state index contributed by atoms with van der Waals surface area (Å²) in [6.07, 6.45) is 8.72. The smallest absolute Gasteiger partial charge is 0.0390 e. The van der Waals surface area contributed by atoms with E-state index in [1.165, 1.54) is 6.21 Å². The molecule has 0 aliphatic heterocycles. The summed E-state index contributed by atoms with van der Waals surface area (Å²) in [6, 6.07) is 18.3. The van der Waals surface area contributed by atoms with Gasteiger partial charge in [0.25, 0.3) is 0 Å². The van der Waals surface area contributed by atoms with Crippen LogP contribution in [0.2, 0.25) is 0 Å². The van der Waals surface area contributed by atoms with Crippen LogP contribution in [-0.4, -0.2) is 6.21 Å². The molecule has 2 N–H and O–H groups in total. The molecule has 19 heavy (non-hydrogen) atoms. The van der Waals surface area contributed by atoms with Gasteiger partial charge in [-0.2, -0.15) is 0 Å². The Bertz CT molecular complexity index is 583. The van der Waals surface area contributed by atoms with Crippen LogP contribution in [0.1, 0.15) is 5.56 Å². The molecule has 2 aromatic carbocycles. The van der Waals surface area contributed by atoms with Crippen molar-refractivity contribution < 1.29 is 0 Å². The van der Waals surface area contributed by atoms with Crippen molar-refractivity contribution in [2.45, 2.75) is 0 Å². The minimum atomic E-state index is 1.06. The van der Waals surface area contributed by atoms with E-state index < -0.39 is 0 Å². The van der Waals surface area contributed by atoms with Gasteiger partial charge in [0.1, 0.15) is 0 Å². The number of hydrogen-bond acceptors (Lipinski definition) is 2. The van der Waals surface area contributed by atoms with Crippen LogP contribution in [0, 0.1) is 5.41 Å². The average molecular weight is 248 g/mol. The van der Waals surface area contributed by atoms with E-state index in [0.717, 1.165) is 16.9 Å². The Morgan fingerprint density at radius 3 is 2.37 bits per heavy atom. The van der Waals surface area contributed by atoms with E-state index in [9.17, 15) is 0 Å². The molecule has 0 aliphatic carbocycles. The van der Waals surface area contributed by atoms with Crippen LogP contribution in [-0.2, 0) is 0 Å². The SMILES string of the molecule is N=CC=CC=Cc1cccc(Nc2ccccc2)c1. The second kappa shape index (κ2) is 6.97. The van der Waals surface area contributed by atoms with Gasteiger partial charge in [0.15, 0.2) is 0 Å². The molecule has 0 aromatic heterocycles. The zero-order valence-corrected chi connectivity index (χ0v) is 10.6. The molecule has 0 aliphatic rings. The van der Waals surface area contributed by atoms with Crippen LogP contribution < -0.4 is 5.32 Å². The van der Waals surface area contributed by atoms with Gasteiger partial charge < -0.3 is 10.7 Å². The summed E-state index contributed by atoms with van der Waals surface area (Å²) >= 11 is 0. The topological polar surface area (TPSA) is 35.9 Å². The summed E-state index contributed by atoms with van der Waals surface area (Å²) < 4.78 is 0. The van der Waals surface area contributed by atoms with Crippen molar-refractivity contribution in [1.29, 1.82) is 5.41 Å². The molecule has 0 bridgehead atoms. The fourth-order valence-electron chi connectivity index (χ4n) is 1.69. The summed E-state index contributed by atoms with van der Waals surface area (Å²) in [6.45, 7) is 0. The maximum absolute atomic E-state index is 6.89. The van der Waals surface area contributed by atoms with Gasteiger partial charge >= 0.3 is 0 Å². The third-order valence-electron chi connectivity index (χ3n) is 2.56. The molecule has 0 amide bonds. The van der Waals surface area contributed by atoms with Gasteiger partial charge in [0.05, 0.1) is 0 Å². The predicted octanol–water partition coefficient (Wildman–Crippen LogP) is 4.65. The first-order valence-corrected chi connectivity index (χ1v) is 6.14. The van der Waals surface area contributed by atoms with Crippen molar-refractivity contribution in [3.05, 3.63) is 78.4 Å². The van der Waals surface area contributed by atoms with E-state index in [2.05, 4.69) is 11.4 Å². The number of benzene rings is 2. The van der Waals surface area contributed by atoms with E-state index in [1.54, 1.807) is 6.08 Å². The molecular formula is C17H16N2. The summed E-state index contributed by atoms with van der Waals surface area (Å²) in [5.74, 6) is 0. The summed E-state index contributed by atoms with van der Waals surface area (Å²) in [7, 11) is 0. The highest BCUT2D eigenvalue weighted by molar-refractivity contribution is 5.69. The van der Waals surface area contributed by atoms with Crippen LogP contribution in [0.3, 0.4) is 0 Å². The monoisotopic (exact) mass is 248 g/mol. The largest absolute Gasteiger partial charge is 0.356 e. The second-order valence-electron chi connectivity index (χ2n) is 4.03. The first-order valence-electron chi connectivity index (χ1n) is 6.14. The molecule has 0 fully saturated rings. The number of para-hydroxylation sites is 1. The normalized spacial score (nSPS) is 10.9. The Morgan fingerprint density at radius 2 is 1.58 bits per heavy atom. The third-order valence-corrected chi connectivity index (χ3v) is 2.56. The third kappa shape index (κ3) is 4.28. The van der Waals surface area contributed by atoms with Crippen molar-refractivity contribution in [3.63, 3.8) is 0 Å². The van der Waals surface area contributed by atoms with Gasteiger partial charge in [0, 0.05) is 17.6 Å². The van der Waals surface area contributed by atoms with Crippen LogP contribution >= 0.6 is 0 Å². The van der Waals surface area contributed by atoms with Crippen LogP contribution in [0.5, 0.6) is 0 Å². The molecule has 0 atom stereocenters. The zero-order chi connectivity index (χ0) is 13.3. The van der Waals surface area contributed by atoms with Gasteiger partial charge in [-0.25, -0.2) is 0 Å². The van der Waals surface area contributed by atoms with E-state index in [-0.39, 0.29) is 0 Å². The Kier molecular flexibility index (Phi) is 4.71. The molecule has 2 aromatic rings. The fraction of sp³-hybridized carbons (Fsp3) is 0. The summed E-state index contributed by atoms with van der Waals surface area (Å²) in [5, 5.41) is 10.2. The van der Waals surface area contributed by atoms with Crippen LogP contribution in [0.15, 0.2) is 72.8 Å². The van der Waals surface area contributed by atoms with E-state index in [0.29, 0.717) is 0 Å². The maximum Gasteiger partial charge on any atom is 0.0390 e. The average Bonchev–Trinajstić information content (AvgIpc) is 2.45. The standard InChI is InChI=1S/C17H16N2/c18-13-6-2-3-8-15-9-7-12-17(14-15)19-16-10-4-1-5-11-16/h1-14,18-19H. The van der Waals surface area contributed by atoms with Gasteiger partial charge in [-0.3, -0.25) is 0 Å². The Balaban J connectivity index is 2.09. The number of anilines is 2. The number of hydrogen-bond donors (Lipinski definition) is 2. The molecule has 0 radical (unpaired) electrons. The highest BCUT2D eigenvalue weighted by atomic mass is 14.9. The lowest BCUT2D eigenvalue weighted by Gasteiger charge is -2.06. The van der Waals surface area contributed by atoms with Crippen molar-refractivity contribution in [2.75, 3.05) is 5.32 Å². The lowest BCUT2D eigenvalue weighted by atomic mass is 10.2. The molecule has 0 saturated carbocycles. The van der Waals surface area contributed by atoms with E-state index >= 15 is 0 Å². The summed E-state index contributed by atoms with van der Waals surface area (Å²) in [5.41, 5.74) is 3.26. The maximum atomic E-state index is 6.89. The fourth-order valence-corrected chi connectivity index (χ4v) is 1.69. The Hall–Kier alpha value is -2.61. The highest BCUT2D eigenvalue weighted by Gasteiger charge is 1.94. The Labute approximate surface area is 113 Å². The second-order valence-corrected chi connectivity index (χ2v) is 4.03. The van der Waals surface area contributed by atoms with E-state index in [4.69, 9.17) is 5.41 Å². The molecule has 0 heterocycles. The van der Waals surface area contributed by atoms with Crippen LogP contribution in [0.4, 0.5) is 11.4 Å². The van der Waals surface area contributed by atoms with Gasteiger partial charge in [-0.1, -0.05) is 48.6 Å². The van der Waals surface area contributed by atoms with Crippen molar-refractivity contribution in [2.24, 2.45) is 0 Å². The molecule has 94 valence electrons. The number of allylic oxidation sites excluding steroid dienone is 3. The van der Waals surface area contributed by atoms with Gasteiger partial charge in [-0.15, -0.1) is 0 Å². The molecular weight excluding hydrogens is 232 g/mol. The quantitative estimate of drug-likeness (QED) is 0.586. The first-order chi connectivity index (χ1) is 9.38. The molecule has 0 unspecified atom stereocenters. The number of nitrogens with one attached hydrogen (secondary N) is 2. The molecule has 2 rings (SSSR count). The molecule has 2 heteroatoms. The lowest BCUT2D eigenvalue weighted by molar-refractivity contribution is 1.54. The predicted molar refractivity (Wildman–Crippen MR) is 83.1 cm³/mol. The van der Waals surface area contributed by atoms with Crippen molar-refractivity contribution in [1.82, 2.24) is 0 Å². The minimum Gasteiger partial charge on any atom is -0.356 e. The van der Waals surface area contributed by atoms with Crippen LogP contribution in [0.25, 0.3) is 6.08 Å². The summed E-state index contributed by atoms with van der Waals surface area (Å²) in [4.78, 5) is 0. The minimum absolute atomic E-state index is 1.06.